The Kier molecular flexibility index (Phi) is 3.62. The molecule has 13 heavy (non-hydrogen) atoms. The third-order valence-electron chi connectivity index (χ3n) is 1.38. The van der Waals surface area contributed by atoms with Crippen LogP contribution in [0, 0.1) is 0 Å². The maximum Gasteiger partial charge on any atom is 0.280 e. The largest absolute Gasteiger partial charge is 0.344 e. The summed E-state index contributed by atoms with van der Waals surface area (Å²) in [6.07, 6.45) is 3.28. The summed E-state index contributed by atoms with van der Waals surface area (Å²) in [7, 11) is 0. The van der Waals surface area contributed by atoms with Gasteiger partial charge in [0.1, 0.15) is 0 Å². The highest BCUT2D eigenvalue weighted by Gasteiger charge is 2.10. The number of thiazole rings is 1. The van der Waals surface area contributed by atoms with Crippen LogP contribution >= 0.6 is 27.3 Å². The minimum atomic E-state index is -0.164. The predicted octanol–water partition coefficient (Wildman–Crippen LogP) is 2.21. The molecule has 5 heteroatoms. The smallest absolute Gasteiger partial charge is 0.280 e. The molecule has 70 valence electrons. The van der Waals surface area contributed by atoms with E-state index in [1.54, 1.807) is 12.3 Å². The van der Waals surface area contributed by atoms with Gasteiger partial charge in [0.05, 0.1) is 9.98 Å². The summed E-state index contributed by atoms with van der Waals surface area (Å²) in [5, 5.41) is 3.19. The topological polar surface area (TPSA) is 42.0 Å². The Balaban J connectivity index is 2.63. The third-order valence-corrected chi connectivity index (χ3v) is 2.86. The van der Waals surface area contributed by atoms with E-state index in [0.29, 0.717) is 5.01 Å². The number of aromatic nitrogens is 1. The Bertz CT molecular complexity index is 324. The Hall–Kier alpha value is -0.680. The zero-order chi connectivity index (χ0) is 9.84. The molecule has 0 aromatic carbocycles. The van der Waals surface area contributed by atoms with Crippen LogP contribution in [0.4, 0.5) is 0 Å². The molecule has 0 bridgehead atoms. The first kappa shape index (κ1) is 10.4. The van der Waals surface area contributed by atoms with Gasteiger partial charge in [0, 0.05) is 6.04 Å². The van der Waals surface area contributed by atoms with Gasteiger partial charge in [0.15, 0.2) is 5.01 Å². The lowest BCUT2D eigenvalue weighted by molar-refractivity contribution is 0.0946. The molecule has 1 aromatic rings. The lowest BCUT2D eigenvalue weighted by atomic mass is 10.3. The first-order valence-corrected chi connectivity index (χ1v) is 5.29. The van der Waals surface area contributed by atoms with Gasteiger partial charge in [-0.05, 0) is 22.9 Å². The normalized spacial score (nSPS) is 12.2. The first-order chi connectivity index (χ1) is 6.13. The molecule has 0 saturated carbocycles. The Labute approximate surface area is 89.0 Å². The summed E-state index contributed by atoms with van der Waals surface area (Å²) in [6, 6.07) is -0.0322. The van der Waals surface area contributed by atoms with E-state index >= 15 is 0 Å². The fourth-order valence-corrected chi connectivity index (χ4v) is 1.80. The van der Waals surface area contributed by atoms with Crippen LogP contribution in [0.5, 0.6) is 0 Å². The van der Waals surface area contributed by atoms with Gasteiger partial charge >= 0.3 is 0 Å². The van der Waals surface area contributed by atoms with Crippen molar-refractivity contribution in [3.8, 4) is 0 Å². The molecule has 0 fully saturated rings. The predicted molar refractivity (Wildman–Crippen MR) is 56.9 cm³/mol. The average Bonchev–Trinajstić information content (AvgIpc) is 2.51. The standard InChI is InChI=1S/C8H9BrN2OS/c1-3-5(2)11-7(12)8-10-4-6(9)13-8/h3-5H,1H2,2H3,(H,11,12). The molecule has 0 aliphatic heterocycles. The molecule has 1 aromatic heterocycles. The van der Waals surface area contributed by atoms with Gasteiger partial charge in [-0.2, -0.15) is 0 Å². The Morgan fingerprint density at radius 1 is 1.92 bits per heavy atom. The molecule has 3 nitrogen and oxygen atoms in total. The van der Waals surface area contributed by atoms with E-state index in [1.807, 2.05) is 6.92 Å². The summed E-state index contributed by atoms with van der Waals surface area (Å²) in [6.45, 7) is 5.43. The second kappa shape index (κ2) is 4.53. The van der Waals surface area contributed by atoms with E-state index in [9.17, 15) is 4.79 Å². The number of hydrogen-bond donors (Lipinski definition) is 1. The van der Waals surface area contributed by atoms with Gasteiger partial charge in [-0.1, -0.05) is 6.08 Å². The van der Waals surface area contributed by atoms with Crippen molar-refractivity contribution in [2.24, 2.45) is 0 Å². The van der Waals surface area contributed by atoms with Crippen LogP contribution < -0.4 is 5.32 Å². The number of carbonyl (C=O) groups excluding carboxylic acids is 1. The van der Waals surface area contributed by atoms with Crippen LogP contribution in [0.2, 0.25) is 0 Å². The fourth-order valence-electron chi connectivity index (χ4n) is 0.687. The molecule has 0 saturated heterocycles. The van der Waals surface area contributed by atoms with E-state index in [2.05, 4.69) is 32.8 Å². The van der Waals surface area contributed by atoms with E-state index in [1.165, 1.54) is 11.3 Å². The minimum absolute atomic E-state index is 0.0322. The van der Waals surface area contributed by atoms with Gasteiger partial charge in [0.2, 0.25) is 0 Å². The highest BCUT2D eigenvalue weighted by atomic mass is 79.9. The summed E-state index contributed by atoms with van der Waals surface area (Å²) < 4.78 is 0.851. The number of amides is 1. The lowest BCUT2D eigenvalue weighted by Crippen LogP contribution is -2.30. The molecular formula is C8H9BrN2OS. The summed E-state index contributed by atoms with van der Waals surface area (Å²) in [5.41, 5.74) is 0. The molecule has 1 heterocycles. The zero-order valence-corrected chi connectivity index (χ0v) is 9.48. The highest BCUT2D eigenvalue weighted by molar-refractivity contribution is 9.11. The number of hydrogen-bond acceptors (Lipinski definition) is 3. The molecule has 0 radical (unpaired) electrons. The van der Waals surface area contributed by atoms with Crippen LogP contribution in [0.3, 0.4) is 0 Å². The quantitative estimate of drug-likeness (QED) is 0.847. The molecule has 1 rings (SSSR count). The van der Waals surface area contributed by atoms with Crippen LogP contribution in [0.25, 0.3) is 0 Å². The maximum atomic E-state index is 11.4. The second-order valence-electron chi connectivity index (χ2n) is 2.47. The van der Waals surface area contributed by atoms with E-state index in [4.69, 9.17) is 0 Å². The molecule has 0 spiro atoms. The van der Waals surface area contributed by atoms with Gasteiger partial charge in [-0.15, -0.1) is 17.9 Å². The molecule has 1 amide bonds. The molecule has 1 N–H and O–H groups in total. The monoisotopic (exact) mass is 260 g/mol. The number of carbonyl (C=O) groups is 1. The summed E-state index contributed by atoms with van der Waals surface area (Å²) >= 11 is 4.55. The van der Waals surface area contributed by atoms with E-state index in [0.717, 1.165) is 3.79 Å². The molecule has 0 aliphatic carbocycles. The van der Waals surface area contributed by atoms with Crippen LogP contribution in [-0.2, 0) is 0 Å². The average molecular weight is 261 g/mol. The molecule has 1 atom stereocenters. The molecule has 1 unspecified atom stereocenters. The van der Waals surface area contributed by atoms with E-state index < -0.39 is 0 Å². The van der Waals surface area contributed by atoms with Gasteiger partial charge in [0.25, 0.3) is 5.91 Å². The summed E-state index contributed by atoms with van der Waals surface area (Å²) in [4.78, 5) is 15.3. The minimum Gasteiger partial charge on any atom is -0.344 e. The van der Waals surface area contributed by atoms with Crippen molar-refractivity contribution in [3.05, 3.63) is 27.6 Å². The van der Waals surface area contributed by atoms with Crippen molar-refractivity contribution < 1.29 is 4.79 Å². The zero-order valence-electron chi connectivity index (χ0n) is 7.08. The summed E-state index contributed by atoms with van der Waals surface area (Å²) in [5.74, 6) is -0.164. The second-order valence-corrected chi connectivity index (χ2v) is 4.88. The first-order valence-electron chi connectivity index (χ1n) is 3.68. The van der Waals surface area contributed by atoms with E-state index in [-0.39, 0.29) is 11.9 Å². The van der Waals surface area contributed by atoms with Gasteiger partial charge in [-0.25, -0.2) is 4.98 Å². The van der Waals surface area contributed by atoms with Crippen molar-refractivity contribution >= 4 is 33.2 Å². The highest BCUT2D eigenvalue weighted by Crippen LogP contribution is 2.18. The van der Waals surface area contributed by atoms with Crippen LogP contribution in [0.15, 0.2) is 22.6 Å². The number of rotatable bonds is 3. The van der Waals surface area contributed by atoms with Crippen LogP contribution in [0.1, 0.15) is 16.7 Å². The fraction of sp³-hybridized carbons (Fsp3) is 0.250. The van der Waals surface area contributed by atoms with Gasteiger partial charge in [-0.3, -0.25) is 4.79 Å². The SMILES string of the molecule is C=CC(C)NC(=O)c1ncc(Br)s1. The van der Waals surface area contributed by atoms with Crippen LogP contribution in [-0.4, -0.2) is 16.9 Å². The number of nitrogens with one attached hydrogen (secondary N) is 1. The third kappa shape index (κ3) is 2.93. The molecular weight excluding hydrogens is 252 g/mol. The lowest BCUT2D eigenvalue weighted by Gasteiger charge is -2.06. The maximum absolute atomic E-state index is 11.4. The number of nitrogens with zero attached hydrogens (tertiary/aromatic N) is 1. The van der Waals surface area contributed by atoms with Crippen molar-refractivity contribution in [1.29, 1.82) is 0 Å². The van der Waals surface area contributed by atoms with Gasteiger partial charge < -0.3 is 5.32 Å². The Morgan fingerprint density at radius 3 is 3.08 bits per heavy atom. The van der Waals surface area contributed by atoms with Crippen molar-refractivity contribution in [3.63, 3.8) is 0 Å². The van der Waals surface area contributed by atoms with Crippen molar-refractivity contribution in [1.82, 2.24) is 10.3 Å². The Morgan fingerprint density at radius 2 is 2.62 bits per heavy atom. The van der Waals surface area contributed by atoms with Crippen molar-refractivity contribution in [2.75, 3.05) is 0 Å². The molecule has 0 aliphatic rings. The van der Waals surface area contributed by atoms with Crippen molar-refractivity contribution in [2.45, 2.75) is 13.0 Å². The number of halogens is 1.